The summed E-state index contributed by atoms with van der Waals surface area (Å²) in [5.74, 6) is 0. The number of rotatable bonds is 8. The largest absolute Gasteiger partial charge is 0.633 e. The van der Waals surface area contributed by atoms with Gasteiger partial charge in [-0.2, -0.15) is 0 Å². The first-order chi connectivity index (χ1) is 16.2. The summed E-state index contributed by atoms with van der Waals surface area (Å²) in [6.07, 6.45) is 1.88. The first-order valence-corrected chi connectivity index (χ1v) is 13.1. The smallest absolute Gasteiger partial charge is 0.402 e. The summed E-state index contributed by atoms with van der Waals surface area (Å²) in [6, 6.07) is 43.8. The SMILES string of the molecule is CCCCOB(O)O.c1ccc([P+](c2ccccc2)(c2ccccc2)c2ccccc2)cc1. The molecule has 0 radical (unpaired) electrons. The minimum atomic E-state index is -1.91. The molecule has 0 heterocycles. The molecule has 0 aromatic heterocycles. The monoisotopic (exact) mass is 457 g/mol. The van der Waals surface area contributed by atoms with Crippen molar-refractivity contribution in [1.29, 1.82) is 0 Å². The van der Waals surface area contributed by atoms with Crippen LogP contribution in [-0.2, 0) is 4.65 Å². The normalized spacial score (nSPS) is 10.8. The maximum absolute atomic E-state index is 8.11. The van der Waals surface area contributed by atoms with Gasteiger partial charge in [0.1, 0.15) is 28.5 Å². The van der Waals surface area contributed by atoms with Crippen molar-refractivity contribution in [3.05, 3.63) is 121 Å². The Morgan fingerprint density at radius 3 is 1.12 bits per heavy atom. The molecule has 0 spiro atoms. The molecule has 33 heavy (non-hydrogen) atoms. The molecule has 0 atom stereocenters. The van der Waals surface area contributed by atoms with Gasteiger partial charge in [0.05, 0.1) is 0 Å². The number of benzene rings is 4. The van der Waals surface area contributed by atoms with Gasteiger partial charge in [-0.15, -0.1) is 0 Å². The summed E-state index contributed by atoms with van der Waals surface area (Å²) in [5, 5.41) is 21.8. The van der Waals surface area contributed by atoms with Crippen molar-refractivity contribution in [3.8, 4) is 0 Å². The molecular weight excluding hydrogens is 426 g/mol. The standard InChI is InChI=1S/C24H20P.C4H11BO3/c1-5-13-21(14-6-1)25(22-15-7-2-8-16-22,23-17-9-3-10-18-23)24-19-11-4-12-20-24;1-2-3-4-8-5(6)7/h1-20H;6-7H,2-4H2,1H3/q+1;. The average molecular weight is 457 g/mol. The van der Waals surface area contributed by atoms with Gasteiger partial charge < -0.3 is 14.7 Å². The minimum Gasteiger partial charge on any atom is -0.402 e. The lowest BCUT2D eigenvalue weighted by molar-refractivity contribution is 0.183. The second-order valence-electron chi connectivity index (χ2n) is 7.56. The van der Waals surface area contributed by atoms with Gasteiger partial charge in [-0.1, -0.05) is 86.1 Å². The fraction of sp³-hybridized carbons (Fsp3) is 0.143. The van der Waals surface area contributed by atoms with Crippen molar-refractivity contribution in [2.75, 3.05) is 6.61 Å². The van der Waals surface area contributed by atoms with E-state index in [-0.39, 0.29) is 0 Å². The van der Waals surface area contributed by atoms with Gasteiger partial charge in [0.15, 0.2) is 0 Å². The Labute approximate surface area is 198 Å². The molecule has 0 aliphatic rings. The van der Waals surface area contributed by atoms with Crippen LogP contribution in [0.15, 0.2) is 121 Å². The first kappa shape index (κ1) is 24.9. The maximum Gasteiger partial charge on any atom is 0.633 e. The molecule has 4 rings (SSSR count). The van der Waals surface area contributed by atoms with Gasteiger partial charge in [0.25, 0.3) is 0 Å². The van der Waals surface area contributed by atoms with Crippen LogP contribution in [0.5, 0.6) is 0 Å². The topological polar surface area (TPSA) is 49.7 Å². The fourth-order valence-electron chi connectivity index (χ4n) is 3.83. The zero-order valence-electron chi connectivity index (χ0n) is 19.0. The highest BCUT2D eigenvalue weighted by Gasteiger charge is 2.47. The van der Waals surface area contributed by atoms with Gasteiger partial charge in [-0.3, -0.25) is 0 Å². The molecule has 4 aromatic carbocycles. The van der Waals surface area contributed by atoms with Gasteiger partial charge in [-0.05, 0) is 55.0 Å². The molecule has 0 saturated carbocycles. The second kappa shape index (κ2) is 13.1. The summed E-state index contributed by atoms with van der Waals surface area (Å²) >= 11 is 0. The molecule has 0 amide bonds. The molecule has 5 heteroatoms. The molecule has 0 saturated heterocycles. The second-order valence-corrected chi connectivity index (χ2v) is 11.0. The molecule has 0 bridgehead atoms. The van der Waals surface area contributed by atoms with Crippen molar-refractivity contribution in [2.24, 2.45) is 0 Å². The van der Waals surface area contributed by atoms with Crippen molar-refractivity contribution in [1.82, 2.24) is 0 Å². The number of hydrogen-bond acceptors (Lipinski definition) is 3. The van der Waals surface area contributed by atoms with Crippen molar-refractivity contribution >= 4 is 35.8 Å². The zero-order valence-corrected chi connectivity index (χ0v) is 19.9. The van der Waals surface area contributed by atoms with Crippen LogP contribution in [0, 0.1) is 0 Å². The van der Waals surface area contributed by atoms with Crippen LogP contribution >= 0.6 is 7.26 Å². The Morgan fingerprint density at radius 2 is 0.879 bits per heavy atom. The summed E-state index contributed by atoms with van der Waals surface area (Å²) in [6.45, 7) is 2.43. The molecular formula is C28H31BO3P+. The van der Waals surface area contributed by atoms with Gasteiger partial charge >= 0.3 is 7.32 Å². The van der Waals surface area contributed by atoms with E-state index in [0.717, 1.165) is 12.8 Å². The van der Waals surface area contributed by atoms with Crippen LogP contribution in [0.1, 0.15) is 19.8 Å². The number of hydrogen-bond donors (Lipinski definition) is 2. The van der Waals surface area contributed by atoms with Gasteiger partial charge in [0.2, 0.25) is 0 Å². The summed E-state index contributed by atoms with van der Waals surface area (Å²) in [5.41, 5.74) is 0. The van der Waals surface area contributed by atoms with Crippen molar-refractivity contribution in [3.63, 3.8) is 0 Å². The minimum absolute atomic E-state index is 0.425. The molecule has 0 fully saturated rings. The molecule has 2 N–H and O–H groups in total. The molecule has 0 aliphatic heterocycles. The Morgan fingerprint density at radius 1 is 0.576 bits per heavy atom. The predicted molar refractivity (Wildman–Crippen MR) is 142 cm³/mol. The summed E-state index contributed by atoms with van der Waals surface area (Å²) in [7, 11) is -3.50. The third-order valence-electron chi connectivity index (χ3n) is 5.34. The van der Waals surface area contributed by atoms with E-state index in [9.17, 15) is 0 Å². The van der Waals surface area contributed by atoms with E-state index in [1.807, 2.05) is 6.92 Å². The highest BCUT2D eigenvalue weighted by Crippen LogP contribution is 2.53. The quantitative estimate of drug-likeness (QED) is 0.238. The van der Waals surface area contributed by atoms with E-state index in [2.05, 4.69) is 126 Å². The third-order valence-corrected chi connectivity index (χ3v) is 9.63. The lowest BCUT2D eigenvalue weighted by Crippen LogP contribution is -2.38. The molecule has 0 unspecified atom stereocenters. The van der Waals surface area contributed by atoms with E-state index in [4.69, 9.17) is 10.0 Å². The van der Waals surface area contributed by atoms with Crippen LogP contribution in [0.25, 0.3) is 0 Å². The third kappa shape index (κ3) is 6.40. The Balaban J connectivity index is 0.000000331. The molecule has 0 aliphatic carbocycles. The highest BCUT2D eigenvalue weighted by molar-refractivity contribution is 8.01. The Hall–Kier alpha value is -2.75. The van der Waals surface area contributed by atoms with Crippen LogP contribution in [-0.4, -0.2) is 24.0 Å². The van der Waals surface area contributed by atoms with Crippen LogP contribution < -0.4 is 21.2 Å². The zero-order chi connectivity index (χ0) is 23.4. The van der Waals surface area contributed by atoms with E-state index in [1.165, 1.54) is 21.2 Å². The van der Waals surface area contributed by atoms with E-state index < -0.39 is 14.6 Å². The summed E-state index contributed by atoms with van der Waals surface area (Å²) < 4.78 is 4.39. The maximum atomic E-state index is 8.11. The Kier molecular flexibility index (Phi) is 9.87. The lowest BCUT2D eigenvalue weighted by atomic mass is 10.2. The highest BCUT2D eigenvalue weighted by atomic mass is 31.2. The van der Waals surface area contributed by atoms with Gasteiger partial charge in [0, 0.05) is 6.61 Å². The number of unbranched alkanes of at least 4 members (excludes halogenated alkanes) is 1. The van der Waals surface area contributed by atoms with Gasteiger partial charge in [-0.25, -0.2) is 0 Å². The Bertz CT molecular complexity index is 882. The first-order valence-electron chi connectivity index (χ1n) is 11.3. The summed E-state index contributed by atoms with van der Waals surface area (Å²) in [4.78, 5) is 0. The van der Waals surface area contributed by atoms with Crippen LogP contribution in [0.4, 0.5) is 0 Å². The van der Waals surface area contributed by atoms with E-state index in [0.29, 0.717) is 6.61 Å². The van der Waals surface area contributed by atoms with Crippen LogP contribution in [0.2, 0.25) is 0 Å². The van der Waals surface area contributed by atoms with Crippen molar-refractivity contribution in [2.45, 2.75) is 19.8 Å². The fourth-order valence-corrected chi connectivity index (χ4v) is 8.10. The predicted octanol–water partition coefficient (Wildman–Crippen LogP) is 4.08. The average Bonchev–Trinajstić information content (AvgIpc) is 2.88. The lowest BCUT2D eigenvalue weighted by Gasteiger charge is -2.27. The van der Waals surface area contributed by atoms with E-state index in [1.54, 1.807) is 0 Å². The van der Waals surface area contributed by atoms with E-state index >= 15 is 0 Å². The molecule has 4 aromatic rings. The van der Waals surface area contributed by atoms with Crippen molar-refractivity contribution < 1.29 is 14.7 Å². The van der Waals surface area contributed by atoms with Crippen LogP contribution in [0.3, 0.4) is 0 Å². The molecule has 3 nitrogen and oxygen atoms in total. The molecule has 168 valence electrons.